The maximum atomic E-state index is 12.4. The number of nitrogens with one attached hydrogen (secondary N) is 1. The molecule has 0 unspecified atom stereocenters. The van der Waals surface area contributed by atoms with Crippen molar-refractivity contribution in [3.05, 3.63) is 78.0 Å². The standard InChI is InChI=1S/C22H21N3O4/c1-14(2)28-18-9-6-15(7-10-18)22(27)25-17-8-11-20(24-13-17)29-19-5-3-4-16(12-19)21(23)26/h3-14H,1-2H3,(H2,23,26)(H,25,27). The molecule has 3 aromatic rings. The van der Waals surface area contributed by atoms with E-state index in [9.17, 15) is 9.59 Å². The number of aromatic nitrogens is 1. The van der Waals surface area contributed by atoms with Gasteiger partial charge in [-0.25, -0.2) is 4.98 Å². The summed E-state index contributed by atoms with van der Waals surface area (Å²) in [4.78, 5) is 27.8. The maximum absolute atomic E-state index is 12.4. The number of primary amides is 1. The van der Waals surface area contributed by atoms with Gasteiger partial charge < -0.3 is 20.5 Å². The number of benzene rings is 2. The molecule has 0 bridgehead atoms. The van der Waals surface area contributed by atoms with Crippen LogP contribution in [0, 0.1) is 0 Å². The summed E-state index contributed by atoms with van der Waals surface area (Å²) in [6, 6.07) is 16.7. The molecule has 0 saturated heterocycles. The summed E-state index contributed by atoms with van der Waals surface area (Å²) in [6.45, 7) is 3.88. The Labute approximate surface area is 168 Å². The largest absolute Gasteiger partial charge is 0.491 e. The molecule has 2 amide bonds. The average Bonchev–Trinajstić information content (AvgIpc) is 2.70. The van der Waals surface area contributed by atoms with E-state index in [1.807, 2.05) is 13.8 Å². The number of pyridine rings is 1. The van der Waals surface area contributed by atoms with E-state index in [1.165, 1.54) is 12.3 Å². The molecule has 3 N–H and O–H groups in total. The summed E-state index contributed by atoms with van der Waals surface area (Å²) >= 11 is 0. The molecule has 0 spiro atoms. The van der Waals surface area contributed by atoms with Crippen molar-refractivity contribution in [1.82, 2.24) is 4.98 Å². The van der Waals surface area contributed by atoms with Crippen LogP contribution in [0.25, 0.3) is 0 Å². The Kier molecular flexibility index (Phi) is 6.09. The third-order valence-electron chi connectivity index (χ3n) is 3.82. The van der Waals surface area contributed by atoms with Gasteiger partial charge in [-0.05, 0) is 62.4 Å². The number of carbonyl (C=O) groups excluding carboxylic acids is 2. The fourth-order valence-electron chi connectivity index (χ4n) is 2.51. The highest BCUT2D eigenvalue weighted by molar-refractivity contribution is 6.04. The monoisotopic (exact) mass is 391 g/mol. The van der Waals surface area contributed by atoms with Gasteiger partial charge in [0.15, 0.2) is 0 Å². The van der Waals surface area contributed by atoms with E-state index in [0.717, 1.165) is 0 Å². The predicted octanol–water partition coefficient (Wildman–Crippen LogP) is 4.01. The molecular weight excluding hydrogens is 370 g/mol. The number of nitrogens with two attached hydrogens (primary N) is 1. The van der Waals surface area contributed by atoms with E-state index in [4.69, 9.17) is 15.2 Å². The van der Waals surface area contributed by atoms with Crippen LogP contribution in [0.2, 0.25) is 0 Å². The van der Waals surface area contributed by atoms with E-state index in [0.29, 0.717) is 34.2 Å². The number of ether oxygens (including phenoxy) is 2. The molecule has 7 heteroatoms. The van der Waals surface area contributed by atoms with Crippen LogP contribution in [0.5, 0.6) is 17.4 Å². The minimum atomic E-state index is -0.537. The van der Waals surface area contributed by atoms with E-state index in [2.05, 4.69) is 10.3 Å². The van der Waals surface area contributed by atoms with Crippen molar-refractivity contribution in [1.29, 1.82) is 0 Å². The van der Waals surface area contributed by atoms with E-state index < -0.39 is 5.91 Å². The molecule has 148 valence electrons. The number of hydrogen-bond donors (Lipinski definition) is 2. The summed E-state index contributed by atoms with van der Waals surface area (Å²) in [5.74, 6) is 0.671. The van der Waals surface area contributed by atoms with Gasteiger partial charge in [-0.2, -0.15) is 0 Å². The quantitative estimate of drug-likeness (QED) is 0.633. The van der Waals surface area contributed by atoms with Crippen LogP contribution in [-0.4, -0.2) is 22.9 Å². The van der Waals surface area contributed by atoms with E-state index in [1.54, 1.807) is 54.6 Å². The molecule has 1 heterocycles. The Morgan fingerprint density at radius 3 is 2.34 bits per heavy atom. The average molecular weight is 391 g/mol. The maximum Gasteiger partial charge on any atom is 0.255 e. The number of anilines is 1. The molecule has 7 nitrogen and oxygen atoms in total. The molecule has 0 saturated carbocycles. The molecule has 1 aromatic heterocycles. The highest BCUT2D eigenvalue weighted by atomic mass is 16.5. The van der Waals surface area contributed by atoms with Crippen LogP contribution < -0.4 is 20.5 Å². The Bertz CT molecular complexity index is 999. The second-order valence-corrected chi connectivity index (χ2v) is 6.52. The fourth-order valence-corrected chi connectivity index (χ4v) is 2.51. The Hall–Kier alpha value is -3.87. The summed E-state index contributed by atoms with van der Waals surface area (Å²) in [5.41, 5.74) is 6.63. The molecule has 0 aliphatic heterocycles. The van der Waals surface area contributed by atoms with Gasteiger partial charge in [0.1, 0.15) is 11.5 Å². The molecular formula is C22H21N3O4. The summed E-state index contributed by atoms with van der Waals surface area (Å²) < 4.78 is 11.2. The van der Waals surface area contributed by atoms with Crippen LogP contribution >= 0.6 is 0 Å². The highest BCUT2D eigenvalue weighted by Crippen LogP contribution is 2.22. The molecule has 29 heavy (non-hydrogen) atoms. The van der Waals surface area contributed by atoms with Crippen molar-refractivity contribution in [2.24, 2.45) is 5.73 Å². The molecule has 0 radical (unpaired) electrons. The van der Waals surface area contributed by atoms with Gasteiger partial charge in [-0.1, -0.05) is 6.07 Å². The van der Waals surface area contributed by atoms with E-state index in [-0.39, 0.29) is 12.0 Å². The van der Waals surface area contributed by atoms with Crippen LogP contribution in [-0.2, 0) is 0 Å². The van der Waals surface area contributed by atoms with Gasteiger partial charge in [0.05, 0.1) is 18.0 Å². The Morgan fingerprint density at radius 2 is 1.72 bits per heavy atom. The summed E-state index contributed by atoms with van der Waals surface area (Å²) in [7, 11) is 0. The normalized spacial score (nSPS) is 10.4. The number of amides is 2. The molecule has 0 atom stereocenters. The van der Waals surface area contributed by atoms with Gasteiger partial charge >= 0.3 is 0 Å². The lowest BCUT2D eigenvalue weighted by Gasteiger charge is -2.10. The number of rotatable bonds is 7. The van der Waals surface area contributed by atoms with Crippen LogP contribution in [0.4, 0.5) is 5.69 Å². The van der Waals surface area contributed by atoms with Crippen molar-refractivity contribution in [3.63, 3.8) is 0 Å². The minimum absolute atomic E-state index is 0.0692. The zero-order chi connectivity index (χ0) is 20.8. The van der Waals surface area contributed by atoms with Crippen molar-refractivity contribution in [2.45, 2.75) is 20.0 Å². The van der Waals surface area contributed by atoms with Crippen molar-refractivity contribution in [2.75, 3.05) is 5.32 Å². The topological polar surface area (TPSA) is 104 Å². The highest BCUT2D eigenvalue weighted by Gasteiger charge is 2.08. The zero-order valence-electron chi connectivity index (χ0n) is 16.1. The van der Waals surface area contributed by atoms with Gasteiger partial charge in [0, 0.05) is 17.2 Å². The Morgan fingerprint density at radius 1 is 0.966 bits per heavy atom. The number of hydrogen-bond acceptors (Lipinski definition) is 5. The summed E-state index contributed by atoms with van der Waals surface area (Å²) in [5, 5.41) is 2.77. The second kappa shape index (κ2) is 8.88. The smallest absolute Gasteiger partial charge is 0.255 e. The number of nitrogens with zero attached hydrogens (tertiary/aromatic N) is 1. The zero-order valence-corrected chi connectivity index (χ0v) is 16.1. The third-order valence-corrected chi connectivity index (χ3v) is 3.82. The van der Waals surface area contributed by atoms with E-state index >= 15 is 0 Å². The lowest BCUT2D eigenvalue weighted by Crippen LogP contribution is -2.12. The van der Waals surface area contributed by atoms with Gasteiger partial charge in [0.2, 0.25) is 11.8 Å². The third kappa shape index (κ3) is 5.55. The SMILES string of the molecule is CC(C)Oc1ccc(C(=O)Nc2ccc(Oc3cccc(C(N)=O)c3)nc2)cc1. The fraction of sp³-hybridized carbons (Fsp3) is 0.136. The molecule has 0 aliphatic carbocycles. The Balaban J connectivity index is 1.62. The van der Waals surface area contributed by atoms with Crippen molar-refractivity contribution < 1.29 is 19.1 Å². The van der Waals surface area contributed by atoms with Crippen LogP contribution in [0.15, 0.2) is 66.9 Å². The lowest BCUT2D eigenvalue weighted by atomic mass is 10.2. The summed E-state index contributed by atoms with van der Waals surface area (Å²) in [6.07, 6.45) is 1.56. The van der Waals surface area contributed by atoms with Crippen LogP contribution in [0.3, 0.4) is 0 Å². The lowest BCUT2D eigenvalue weighted by molar-refractivity contribution is 0.0997. The van der Waals surface area contributed by atoms with Gasteiger partial charge in [0.25, 0.3) is 5.91 Å². The first-order valence-corrected chi connectivity index (χ1v) is 9.02. The first kappa shape index (κ1) is 19.9. The van der Waals surface area contributed by atoms with Crippen LogP contribution in [0.1, 0.15) is 34.6 Å². The predicted molar refractivity (Wildman–Crippen MR) is 109 cm³/mol. The molecule has 0 fully saturated rings. The first-order valence-electron chi connectivity index (χ1n) is 9.02. The first-order chi connectivity index (χ1) is 13.9. The minimum Gasteiger partial charge on any atom is -0.491 e. The van der Waals surface area contributed by atoms with Crippen molar-refractivity contribution in [3.8, 4) is 17.4 Å². The van der Waals surface area contributed by atoms with Crippen molar-refractivity contribution >= 4 is 17.5 Å². The van der Waals surface area contributed by atoms with Gasteiger partial charge in [-0.15, -0.1) is 0 Å². The number of carbonyl (C=O) groups is 2. The van der Waals surface area contributed by atoms with Gasteiger partial charge in [-0.3, -0.25) is 9.59 Å². The molecule has 2 aromatic carbocycles. The molecule has 3 rings (SSSR count). The molecule has 0 aliphatic rings. The second-order valence-electron chi connectivity index (χ2n) is 6.52.